The van der Waals surface area contributed by atoms with Gasteiger partial charge < -0.3 is 14.5 Å². The molecular weight excluding hydrogens is 276 g/mol. The minimum atomic E-state index is 0.539. The van der Waals surface area contributed by atoms with Crippen molar-refractivity contribution in [2.45, 2.75) is 45.6 Å². The van der Waals surface area contributed by atoms with Crippen LogP contribution in [-0.4, -0.2) is 60.3 Å². The summed E-state index contributed by atoms with van der Waals surface area (Å²) in [7, 11) is 0. The number of rotatable bonds is 3. The number of ether oxygens (including phenoxy) is 1. The number of anilines is 1. The van der Waals surface area contributed by atoms with Crippen molar-refractivity contribution < 1.29 is 4.74 Å². The lowest BCUT2D eigenvalue weighted by Crippen LogP contribution is -2.39. The third-order valence-corrected chi connectivity index (χ3v) is 4.78. The molecule has 0 aliphatic carbocycles. The monoisotopic (exact) mass is 304 g/mol. The van der Waals surface area contributed by atoms with Gasteiger partial charge in [0, 0.05) is 37.7 Å². The van der Waals surface area contributed by atoms with Gasteiger partial charge in [-0.1, -0.05) is 0 Å². The lowest BCUT2D eigenvalue weighted by molar-refractivity contribution is 0.122. The maximum atomic E-state index is 5.45. The van der Waals surface area contributed by atoms with E-state index in [0.717, 1.165) is 44.5 Å². The van der Waals surface area contributed by atoms with Crippen molar-refractivity contribution in [3.63, 3.8) is 0 Å². The highest BCUT2D eigenvalue weighted by Crippen LogP contribution is 2.28. The van der Waals surface area contributed by atoms with Crippen LogP contribution in [0, 0.1) is 6.92 Å². The van der Waals surface area contributed by atoms with Crippen molar-refractivity contribution in [1.82, 2.24) is 14.9 Å². The van der Waals surface area contributed by atoms with Gasteiger partial charge in [-0.2, -0.15) is 0 Å². The van der Waals surface area contributed by atoms with Gasteiger partial charge in [-0.05, 0) is 40.2 Å². The number of aryl methyl sites for hydroxylation is 1. The molecule has 1 unspecified atom stereocenters. The van der Waals surface area contributed by atoms with Crippen LogP contribution >= 0.6 is 0 Å². The van der Waals surface area contributed by atoms with E-state index in [4.69, 9.17) is 9.72 Å². The Bertz CT molecular complexity index is 499. The summed E-state index contributed by atoms with van der Waals surface area (Å²) in [5, 5.41) is 0. The average molecular weight is 304 g/mol. The zero-order valence-electron chi connectivity index (χ0n) is 14.1. The molecule has 2 fully saturated rings. The van der Waals surface area contributed by atoms with E-state index in [1.165, 1.54) is 25.1 Å². The molecule has 5 nitrogen and oxygen atoms in total. The average Bonchev–Trinajstić information content (AvgIpc) is 2.55. The third-order valence-electron chi connectivity index (χ3n) is 4.78. The molecule has 3 heterocycles. The van der Waals surface area contributed by atoms with Gasteiger partial charge in [0.15, 0.2) is 0 Å². The molecule has 0 N–H and O–H groups in total. The Balaban J connectivity index is 1.79. The highest BCUT2D eigenvalue weighted by Gasteiger charge is 2.25. The first-order valence-electron chi connectivity index (χ1n) is 8.56. The number of likely N-dealkylation sites (tertiary alicyclic amines) is 1. The van der Waals surface area contributed by atoms with Crippen LogP contribution in [0.15, 0.2) is 6.07 Å². The van der Waals surface area contributed by atoms with Gasteiger partial charge in [0.25, 0.3) is 0 Å². The first kappa shape index (κ1) is 15.7. The van der Waals surface area contributed by atoms with Crippen LogP contribution < -0.4 is 4.90 Å². The number of morpholine rings is 1. The summed E-state index contributed by atoms with van der Waals surface area (Å²) >= 11 is 0. The number of hydrogen-bond donors (Lipinski definition) is 0. The quantitative estimate of drug-likeness (QED) is 0.856. The van der Waals surface area contributed by atoms with Crippen LogP contribution in [0.25, 0.3) is 0 Å². The van der Waals surface area contributed by atoms with Gasteiger partial charge in [0.1, 0.15) is 11.6 Å². The minimum Gasteiger partial charge on any atom is -0.378 e. The van der Waals surface area contributed by atoms with Crippen LogP contribution in [0.5, 0.6) is 0 Å². The van der Waals surface area contributed by atoms with E-state index in [1.807, 2.05) is 6.92 Å². The highest BCUT2D eigenvalue weighted by molar-refractivity contribution is 5.41. The number of aromatic nitrogens is 2. The summed E-state index contributed by atoms with van der Waals surface area (Å²) in [6, 6.07) is 2.83. The van der Waals surface area contributed by atoms with E-state index in [0.29, 0.717) is 12.0 Å². The zero-order valence-corrected chi connectivity index (χ0v) is 14.1. The second kappa shape index (κ2) is 6.92. The van der Waals surface area contributed by atoms with Crippen molar-refractivity contribution in [1.29, 1.82) is 0 Å². The van der Waals surface area contributed by atoms with E-state index in [2.05, 4.69) is 34.7 Å². The fourth-order valence-corrected chi connectivity index (χ4v) is 3.45. The third kappa shape index (κ3) is 3.58. The van der Waals surface area contributed by atoms with Gasteiger partial charge in [0.05, 0.1) is 18.9 Å². The first-order valence-corrected chi connectivity index (χ1v) is 8.56. The second-order valence-electron chi connectivity index (χ2n) is 6.73. The van der Waals surface area contributed by atoms with E-state index >= 15 is 0 Å². The fourth-order valence-electron chi connectivity index (χ4n) is 3.45. The zero-order chi connectivity index (χ0) is 15.5. The molecule has 1 aromatic heterocycles. The summed E-state index contributed by atoms with van der Waals surface area (Å²) in [5.41, 5.74) is 1.22. The molecule has 2 saturated heterocycles. The summed E-state index contributed by atoms with van der Waals surface area (Å²) in [6.45, 7) is 12.4. The molecule has 0 saturated carbocycles. The SMILES string of the molecule is Cc1nc(C2CCCN(C(C)C)C2)cc(N2CCOCC2)n1. The Morgan fingerprint density at radius 2 is 1.95 bits per heavy atom. The molecule has 122 valence electrons. The number of piperidine rings is 1. The molecule has 22 heavy (non-hydrogen) atoms. The Labute approximate surface area is 133 Å². The van der Waals surface area contributed by atoms with Crippen molar-refractivity contribution in [2.24, 2.45) is 0 Å². The normalized spacial score (nSPS) is 24.0. The van der Waals surface area contributed by atoms with Crippen LogP contribution in [0.4, 0.5) is 5.82 Å². The molecule has 5 heteroatoms. The first-order chi connectivity index (χ1) is 10.6. The lowest BCUT2D eigenvalue weighted by Gasteiger charge is -2.35. The van der Waals surface area contributed by atoms with Crippen molar-refractivity contribution in [2.75, 3.05) is 44.3 Å². The van der Waals surface area contributed by atoms with E-state index in [9.17, 15) is 0 Å². The summed E-state index contributed by atoms with van der Waals surface area (Å²) < 4.78 is 5.45. The van der Waals surface area contributed by atoms with Crippen LogP contribution in [-0.2, 0) is 4.74 Å². The van der Waals surface area contributed by atoms with Gasteiger partial charge in [-0.3, -0.25) is 0 Å². The highest BCUT2D eigenvalue weighted by atomic mass is 16.5. The molecule has 1 aromatic rings. The van der Waals surface area contributed by atoms with E-state index < -0.39 is 0 Å². The fraction of sp³-hybridized carbons (Fsp3) is 0.765. The Morgan fingerprint density at radius 1 is 1.18 bits per heavy atom. The van der Waals surface area contributed by atoms with Gasteiger partial charge in [0.2, 0.25) is 0 Å². The molecule has 1 atom stereocenters. The number of hydrogen-bond acceptors (Lipinski definition) is 5. The predicted molar refractivity (Wildman–Crippen MR) is 88.5 cm³/mol. The number of nitrogens with zero attached hydrogens (tertiary/aromatic N) is 4. The van der Waals surface area contributed by atoms with Crippen molar-refractivity contribution in [3.8, 4) is 0 Å². The molecule has 0 aromatic carbocycles. The molecule has 0 radical (unpaired) electrons. The van der Waals surface area contributed by atoms with Crippen LogP contribution in [0.2, 0.25) is 0 Å². The summed E-state index contributed by atoms with van der Waals surface area (Å²) in [6.07, 6.45) is 2.50. The van der Waals surface area contributed by atoms with Crippen LogP contribution in [0.1, 0.15) is 44.1 Å². The van der Waals surface area contributed by atoms with Gasteiger partial charge in [-0.25, -0.2) is 9.97 Å². The van der Waals surface area contributed by atoms with Gasteiger partial charge >= 0.3 is 0 Å². The molecule has 2 aliphatic rings. The molecule has 0 bridgehead atoms. The molecular formula is C17H28N4O. The van der Waals surface area contributed by atoms with E-state index in [-0.39, 0.29) is 0 Å². The van der Waals surface area contributed by atoms with E-state index in [1.54, 1.807) is 0 Å². The molecule has 3 rings (SSSR count). The molecule has 2 aliphatic heterocycles. The lowest BCUT2D eigenvalue weighted by atomic mass is 9.93. The maximum absolute atomic E-state index is 5.45. The Hall–Kier alpha value is -1.20. The second-order valence-corrected chi connectivity index (χ2v) is 6.73. The Kier molecular flexibility index (Phi) is 4.93. The largest absolute Gasteiger partial charge is 0.378 e. The predicted octanol–water partition coefficient (Wildman–Crippen LogP) is 2.21. The van der Waals surface area contributed by atoms with Crippen molar-refractivity contribution >= 4 is 5.82 Å². The molecule has 0 amide bonds. The van der Waals surface area contributed by atoms with Crippen molar-refractivity contribution in [3.05, 3.63) is 17.6 Å². The minimum absolute atomic E-state index is 0.539. The van der Waals surface area contributed by atoms with Crippen LogP contribution in [0.3, 0.4) is 0 Å². The summed E-state index contributed by atoms with van der Waals surface area (Å²) in [4.78, 5) is 14.3. The van der Waals surface area contributed by atoms with Gasteiger partial charge in [-0.15, -0.1) is 0 Å². The topological polar surface area (TPSA) is 41.5 Å². The maximum Gasteiger partial charge on any atom is 0.132 e. The standard InChI is InChI=1S/C17H28N4O/c1-13(2)21-6-4-5-15(12-21)16-11-17(19-14(3)18-16)20-7-9-22-10-8-20/h11,13,15H,4-10,12H2,1-3H3. The Morgan fingerprint density at radius 3 is 2.68 bits per heavy atom. The summed E-state index contributed by atoms with van der Waals surface area (Å²) in [5.74, 6) is 2.51. The molecule has 0 spiro atoms. The smallest absolute Gasteiger partial charge is 0.132 e.